The molecule has 2 aromatic rings. The SMILES string of the molecule is NNC(=O)c1coc(Cn2ccccc2=O)c1. The molecule has 0 spiro atoms. The van der Waals surface area contributed by atoms with Crippen LogP contribution in [0.25, 0.3) is 0 Å². The Balaban J connectivity index is 2.20. The average Bonchev–Trinajstić information content (AvgIpc) is 2.80. The Bertz CT molecular complexity index is 585. The van der Waals surface area contributed by atoms with E-state index in [0.29, 0.717) is 11.3 Å². The van der Waals surface area contributed by atoms with Gasteiger partial charge in [0.25, 0.3) is 11.5 Å². The van der Waals surface area contributed by atoms with E-state index in [1.807, 2.05) is 5.43 Å². The molecule has 0 aliphatic heterocycles. The molecule has 2 aromatic heterocycles. The van der Waals surface area contributed by atoms with E-state index in [0.717, 1.165) is 0 Å². The minimum absolute atomic E-state index is 0.131. The lowest BCUT2D eigenvalue weighted by Crippen LogP contribution is -2.29. The van der Waals surface area contributed by atoms with Crippen LogP contribution in [0.15, 0.2) is 45.9 Å². The highest BCUT2D eigenvalue weighted by Gasteiger charge is 2.09. The molecule has 2 heterocycles. The molecule has 1 amide bonds. The number of carbonyl (C=O) groups is 1. The normalized spacial score (nSPS) is 10.2. The number of nitrogen functional groups attached to an aromatic ring is 1. The number of hydrazine groups is 1. The maximum Gasteiger partial charge on any atom is 0.268 e. The van der Waals surface area contributed by atoms with E-state index in [4.69, 9.17) is 10.3 Å². The summed E-state index contributed by atoms with van der Waals surface area (Å²) < 4.78 is 6.65. The van der Waals surface area contributed by atoms with E-state index >= 15 is 0 Å². The fraction of sp³-hybridized carbons (Fsp3) is 0.0909. The third-order valence-electron chi connectivity index (χ3n) is 2.27. The largest absolute Gasteiger partial charge is 0.467 e. The number of amides is 1. The lowest BCUT2D eigenvalue weighted by Gasteiger charge is -2.00. The first-order chi connectivity index (χ1) is 8.20. The first-order valence-electron chi connectivity index (χ1n) is 4.94. The van der Waals surface area contributed by atoms with Crippen molar-refractivity contribution in [2.75, 3.05) is 0 Å². The average molecular weight is 233 g/mol. The van der Waals surface area contributed by atoms with Crippen LogP contribution >= 0.6 is 0 Å². The van der Waals surface area contributed by atoms with Gasteiger partial charge in [-0.3, -0.25) is 15.0 Å². The number of furan rings is 1. The van der Waals surface area contributed by atoms with Gasteiger partial charge in [-0.15, -0.1) is 0 Å². The van der Waals surface area contributed by atoms with Crippen molar-refractivity contribution in [2.24, 2.45) is 5.84 Å². The fourth-order valence-electron chi connectivity index (χ4n) is 1.43. The molecule has 0 unspecified atom stereocenters. The summed E-state index contributed by atoms with van der Waals surface area (Å²) in [5.41, 5.74) is 2.20. The second-order valence-corrected chi connectivity index (χ2v) is 3.44. The van der Waals surface area contributed by atoms with Crippen molar-refractivity contribution < 1.29 is 9.21 Å². The Hall–Kier alpha value is -2.34. The molecule has 2 rings (SSSR count). The highest BCUT2D eigenvalue weighted by molar-refractivity contribution is 5.93. The highest BCUT2D eigenvalue weighted by atomic mass is 16.3. The lowest BCUT2D eigenvalue weighted by atomic mass is 10.3. The molecule has 88 valence electrons. The van der Waals surface area contributed by atoms with Crippen LogP contribution in [0.1, 0.15) is 16.1 Å². The Morgan fingerprint density at radius 3 is 3.00 bits per heavy atom. The zero-order chi connectivity index (χ0) is 12.3. The summed E-state index contributed by atoms with van der Waals surface area (Å²) >= 11 is 0. The van der Waals surface area contributed by atoms with Gasteiger partial charge in [0.1, 0.15) is 12.0 Å². The number of rotatable bonds is 3. The standard InChI is InChI=1S/C11H11N3O3/c12-13-11(16)8-5-9(17-7-8)6-14-4-2-1-3-10(14)15/h1-5,7H,6,12H2,(H,13,16). The molecule has 3 N–H and O–H groups in total. The summed E-state index contributed by atoms with van der Waals surface area (Å²) in [4.78, 5) is 22.6. The number of nitrogens with two attached hydrogens (primary N) is 1. The van der Waals surface area contributed by atoms with Crippen LogP contribution in [0.5, 0.6) is 0 Å². The second kappa shape index (κ2) is 4.67. The molecular formula is C11H11N3O3. The summed E-state index contributed by atoms with van der Waals surface area (Å²) in [5, 5.41) is 0. The zero-order valence-electron chi connectivity index (χ0n) is 8.92. The van der Waals surface area contributed by atoms with E-state index in [1.54, 1.807) is 24.4 Å². The molecule has 6 nitrogen and oxygen atoms in total. The summed E-state index contributed by atoms with van der Waals surface area (Å²) in [6, 6.07) is 6.41. The van der Waals surface area contributed by atoms with Gasteiger partial charge in [-0.25, -0.2) is 5.84 Å². The highest BCUT2D eigenvalue weighted by Crippen LogP contribution is 2.08. The van der Waals surface area contributed by atoms with Gasteiger partial charge >= 0.3 is 0 Å². The molecule has 0 aliphatic carbocycles. The molecule has 17 heavy (non-hydrogen) atoms. The zero-order valence-corrected chi connectivity index (χ0v) is 8.92. The molecule has 0 aromatic carbocycles. The first-order valence-corrected chi connectivity index (χ1v) is 4.94. The van der Waals surface area contributed by atoms with Gasteiger partial charge in [0, 0.05) is 12.3 Å². The van der Waals surface area contributed by atoms with Crippen LogP contribution in [0.3, 0.4) is 0 Å². The monoisotopic (exact) mass is 233 g/mol. The van der Waals surface area contributed by atoms with E-state index in [-0.39, 0.29) is 12.1 Å². The summed E-state index contributed by atoms with van der Waals surface area (Å²) in [7, 11) is 0. The van der Waals surface area contributed by atoms with E-state index in [1.165, 1.54) is 16.9 Å². The second-order valence-electron chi connectivity index (χ2n) is 3.44. The molecule has 0 fully saturated rings. The van der Waals surface area contributed by atoms with Crippen LogP contribution in [0.4, 0.5) is 0 Å². The van der Waals surface area contributed by atoms with Crippen molar-refractivity contribution in [2.45, 2.75) is 6.54 Å². The number of pyridine rings is 1. The van der Waals surface area contributed by atoms with Crippen LogP contribution < -0.4 is 16.8 Å². The fourth-order valence-corrected chi connectivity index (χ4v) is 1.43. The van der Waals surface area contributed by atoms with Crippen LogP contribution in [0, 0.1) is 0 Å². The van der Waals surface area contributed by atoms with Crippen molar-refractivity contribution in [3.8, 4) is 0 Å². The molecular weight excluding hydrogens is 222 g/mol. The lowest BCUT2D eigenvalue weighted by molar-refractivity contribution is 0.0953. The Morgan fingerprint density at radius 2 is 2.29 bits per heavy atom. The van der Waals surface area contributed by atoms with Crippen molar-refractivity contribution in [1.29, 1.82) is 0 Å². The van der Waals surface area contributed by atoms with Gasteiger partial charge in [-0.1, -0.05) is 6.07 Å². The summed E-state index contributed by atoms with van der Waals surface area (Å²) in [6.45, 7) is 0.275. The van der Waals surface area contributed by atoms with Gasteiger partial charge < -0.3 is 8.98 Å². The summed E-state index contributed by atoms with van der Waals surface area (Å²) in [5.74, 6) is 5.07. The predicted octanol–water partition coefficient (Wildman–Crippen LogP) is 0.0931. The minimum Gasteiger partial charge on any atom is -0.467 e. The molecule has 0 radical (unpaired) electrons. The van der Waals surface area contributed by atoms with E-state index < -0.39 is 5.91 Å². The minimum atomic E-state index is -0.430. The third kappa shape index (κ3) is 2.43. The maximum atomic E-state index is 11.4. The number of hydrogen-bond donors (Lipinski definition) is 2. The Morgan fingerprint density at radius 1 is 1.47 bits per heavy atom. The molecule has 6 heteroatoms. The van der Waals surface area contributed by atoms with E-state index in [9.17, 15) is 9.59 Å². The van der Waals surface area contributed by atoms with Crippen molar-refractivity contribution in [3.05, 3.63) is 58.4 Å². The quantitative estimate of drug-likeness (QED) is 0.446. The van der Waals surface area contributed by atoms with Crippen molar-refractivity contribution >= 4 is 5.91 Å². The summed E-state index contributed by atoms with van der Waals surface area (Å²) in [6.07, 6.45) is 2.94. The maximum absolute atomic E-state index is 11.4. The first kappa shape index (κ1) is 11.2. The number of carbonyl (C=O) groups excluding carboxylic acids is 1. The van der Waals surface area contributed by atoms with E-state index in [2.05, 4.69) is 0 Å². The van der Waals surface area contributed by atoms with Crippen LogP contribution in [0.2, 0.25) is 0 Å². The Kier molecular flexibility index (Phi) is 3.06. The van der Waals surface area contributed by atoms with Crippen LogP contribution in [-0.4, -0.2) is 10.5 Å². The van der Waals surface area contributed by atoms with Crippen LogP contribution in [-0.2, 0) is 6.54 Å². The predicted molar refractivity (Wildman–Crippen MR) is 60.2 cm³/mol. The van der Waals surface area contributed by atoms with Gasteiger partial charge in [0.2, 0.25) is 0 Å². The number of nitrogens with one attached hydrogen (secondary N) is 1. The van der Waals surface area contributed by atoms with Crippen molar-refractivity contribution in [1.82, 2.24) is 9.99 Å². The number of nitrogens with zero attached hydrogens (tertiary/aromatic N) is 1. The molecule has 0 saturated heterocycles. The van der Waals surface area contributed by atoms with Gasteiger partial charge in [0.05, 0.1) is 12.1 Å². The molecule has 0 atom stereocenters. The smallest absolute Gasteiger partial charge is 0.268 e. The Labute approximate surface area is 96.6 Å². The van der Waals surface area contributed by atoms with Gasteiger partial charge in [0.15, 0.2) is 0 Å². The molecule has 0 saturated carbocycles. The van der Waals surface area contributed by atoms with Gasteiger partial charge in [-0.05, 0) is 12.1 Å². The third-order valence-corrected chi connectivity index (χ3v) is 2.27. The molecule has 0 aliphatic rings. The van der Waals surface area contributed by atoms with Gasteiger partial charge in [-0.2, -0.15) is 0 Å². The topological polar surface area (TPSA) is 90.3 Å². The van der Waals surface area contributed by atoms with Crippen molar-refractivity contribution in [3.63, 3.8) is 0 Å². The number of hydrogen-bond acceptors (Lipinski definition) is 4. The molecule has 0 bridgehead atoms. The number of aromatic nitrogens is 1.